The molecule has 1 N–H and O–H groups in total. The van der Waals surface area contributed by atoms with E-state index in [-0.39, 0.29) is 12.0 Å². The third kappa shape index (κ3) is 5.05. The topological polar surface area (TPSA) is 69.3 Å². The summed E-state index contributed by atoms with van der Waals surface area (Å²) >= 11 is 0. The molecule has 0 aromatic heterocycles. The molecule has 3 aliphatic rings. The van der Waals surface area contributed by atoms with Gasteiger partial charge in [-0.15, -0.1) is 0 Å². The number of esters is 1. The molecule has 7 nitrogen and oxygen atoms in total. The van der Waals surface area contributed by atoms with E-state index in [0.29, 0.717) is 50.2 Å². The van der Waals surface area contributed by atoms with Crippen molar-refractivity contribution < 1.29 is 23.7 Å². The van der Waals surface area contributed by atoms with Crippen LogP contribution >= 0.6 is 0 Å². The van der Waals surface area contributed by atoms with E-state index < -0.39 is 0 Å². The number of nitrogens with one attached hydrogen (secondary N) is 1. The number of fused-ring (bicyclic) bond motifs is 3. The Morgan fingerprint density at radius 2 is 2.00 bits per heavy atom. The summed E-state index contributed by atoms with van der Waals surface area (Å²) in [6.45, 7) is 8.86. The lowest BCUT2D eigenvalue weighted by molar-refractivity contribution is -0.152. The quantitative estimate of drug-likeness (QED) is 0.646. The van der Waals surface area contributed by atoms with Crippen LogP contribution in [-0.4, -0.2) is 70.6 Å². The van der Waals surface area contributed by atoms with E-state index in [1.54, 1.807) is 14.2 Å². The summed E-state index contributed by atoms with van der Waals surface area (Å²) < 4.78 is 22.4. The van der Waals surface area contributed by atoms with Gasteiger partial charge in [-0.1, -0.05) is 13.8 Å². The Bertz CT molecular complexity index is 793. The van der Waals surface area contributed by atoms with Gasteiger partial charge in [0.15, 0.2) is 11.5 Å². The summed E-state index contributed by atoms with van der Waals surface area (Å²) in [5.41, 5.74) is 2.67. The van der Waals surface area contributed by atoms with Crippen molar-refractivity contribution in [3.63, 3.8) is 0 Å². The first-order chi connectivity index (χ1) is 15.5. The average molecular weight is 447 g/mol. The molecule has 7 heteroatoms. The average Bonchev–Trinajstić information content (AvgIpc) is 2.81. The predicted octanol–water partition coefficient (Wildman–Crippen LogP) is 2.82. The third-order valence-electron chi connectivity index (χ3n) is 7.20. The molecule has 0 radical (unpaired) electrons. The van der Waals surface area contributed by atoms with Crippen molar-refractivity contribution in [1.82, 2.24) is 10.2 Å². The summed E-state index contributed by atoms with van der Waals surface area (Å²) in [6, 6.07) is 4.26. The van der Waals surface area contributed by atoms with Gasteiger partial charge < -0.3 is 24.3 Å². The summed E-state index contributed by atoms with van der Waals surface area (Å²) in [5, 5.41) is 3.20. The molecule has 1 aromatic carbocycles. The zero-order chi connectivity index (χ0) is 22.7. The van der Waals surface area contributed by atoms with Crippen LogP contribution in [0.1, 0.15) is 43.9 Å². The Labute approximate surface area is 191 Å². The highest BCUT2D eigenvalue weighted by Gasteiger charge is 2.40. The molecule has 2 saturated heterocycles. The van der Waals surface area contributed by atoms with Crippen molar-refractivity contribution in [3.05, 3.63) is 23.3 Å². The Hall–Kier alpha value is -1.83. The molecule has 1 aromatic rings. The maximum Gasteiger partial charge on any atom is 0.325 e. The van der Waals surface area contributed by atoms with Gasteiger partial charge in [0.25, 0.3) is 0 Å². The molecule has 4 atom stereocenters. The lowest BCUT2D eigenvalue weighted by Crippen LogP contribution is -2.49. The van der Waals surface area contributed by atoms with Gasteiger partial charge in [-0.25, -0.2) is 0 Å². The second kappa shape index (κ2) is 10.4. The lowest BCUT2D eigenvalue weighted by Gasteiger charge is -2.47. The van der Waals surface area contributed by atoms with E-state index in [4.69, 9.17) is 18.9 Å². The fraction of sp³-hybridized carbons (Fsp3) is 0.720. The van der Waals surface area contributed by atoms with Gasteiger partial charge >= 0.3 is 5.97 Å². The van der Waals surface area contributed by atoms with Crippen molar-refractivity contribution in [2.45, 2.75) is 45.2 Å². The maximum absolute atomic E-state index is 12.6. The molecule has 2 fully saturated rings. The van der Waals surface area contributed by atoms with E-state index in [1.165, 1.54) is 11.1 Å². The Morgan fingerprint density at radius 3 is 2.69 bits per heavy atom. The Balaban J connectivity index is 1.51. The zero-order valence-corrected chi connectivity index (χ0v) is 19.9. The van der Waals surface area contributed by atoms with Crippen LogP contribution in [0.5, 0.6) is 11.5 Å². The van der Waals surface area contributed by atoms with Crippen LogP contribution in [0.25, 0.3) is 0 Å². The lowest BCUT2D eigenvalue weighted by atomic mass is 9.74. The van der Waals surface area contributed by atoms with Crippen LogP contribution in [0, 0.1) is 17.8 Å². The highest BCUT2D eigenvalue weighted by molar-refractivity contribution is 5.76. The molecule has 178 valence electrons. The first-order valence-corrected chi connectivity index (χ1v) is 12.0. The molecule has 32 heavy (non-hydrogen) atoms. The number of benzene rings is 1. The van der Waals surface area contributed by atoms with Crippen molar-refractivity contribution in [2.24, 2.45) is 17.8 Å². The number of hydrogen-bond donors (Lipinski definition) is 1. The molecule has 0 spiro atoms. The second-order valence-corrected chi connectivity index (χ2v) is 9.76. The van der Waals surface area contributed by atoms with E-state index in [1.807, 2.05) is 0 Å². The van der Waals surface area contributed by atoms with Crippen LogP contribution in [0.4, 0.5) is 0 Å². The van der Waals surface area contributed by atoms with E-state index in [0.717, 1.165) is 43.9 Å². The largest absolute Gasteiger partial charge is 0.493 e. The molecule has 0 saturated carbocycles. The van der Waals surface area contributed by atoms with Crippen LogP contribution in [0.3, 0.4) is 0 Å². The van der Waals surface area contributed by atoms with E-state index in [9.17, 15) is 4.79 Å². The van der Waals surface area contributed by atoms with Gasteiger partial charge in [-0.3, -0.25) is 9.69 Å². The van der Waals surface area contributed by atoms with Gasteiger partial charge in [0.05, 0.1) is 34.0 Å². The number of carbonyl (C=O) groups is 1. The SMILES string of the molecule is COc1cc2c(cc1OC)C1CC(COC(=O)[C@@H]3COCCN3)C(CC(C)C)CN1CC2. The zero-order valence-electron chi connectivity index (χ0n) is 19.9. The fourth-order valence-corrected chi connectivity index (χ4v) is 5.59. The molecular formula is C25H38N2O5. The van der Waals surface area contributed by atoms with Crippen LogP contribution in [0.2, 0.25) is 0 Å². The Morgan fingerprint density at radius 1 is 1.22 bits per heavy atom. The number of methoxy groups -OCH3 is 2. The minimum atomic E-state index is -0.348. The van der Waals surface area contributed by atoms with Crippen LogP contribution in [0.15, 0.2) is 12.1 Å². The first-order valence-electron chi connectivity index (χ1n) is 12.0. The molecule has 4 rings (SSSR count). The summed E-state index contributed by atoms with van der Waals surface area (Å²) in [6.07, 6.45) is 3.16. The number of piperidine rings is 1. The molecule has 3 aliphatic heterocycles. The monoisotopic (exact) mass is 446 g/mol. The Kier molecular flexibility index (Phi) is 7.59. The highest BCUT2D eigenvalue weighted by Crippen LogP contribution is 2.45. The van der Waals surface area contributed by atoms with Crippen LogP contribution in [-0.2, 0) is 20.7 Å². The van der Waals surface area contributed by atoms with Crippen molar-refractivity contribution in [2.75, 3.05) is 53.7 Å². The number of rotatable bonds is 7. The smallest absolute Gasteiger partial charge is 0.325 e. The van der Waals surface area contributed by atoms with Crippen molar-refractivity contribution in [3.8, 4) is 11.5 Å². The van der Waals surface area contributed by atoms with Crippen molar-refractivity contribution >= 4 is 5.97 Å². The summed E-state index contributed by atoms with van der Waals surface area (Å²) in [5.74, 6) is 2.86. The first kappa shape index (κ1) is 23.3. The number of hydrogen-bond acceptors (Lipinski definition) is 7. The number of carbonyl (C=O) groups excluding carboxylic acids is 1. The van der Waals surface area contributed by atoms with Gasteiger partial charge in [0, 0.05) is 25.7 Å². The van der Waals surface area contributed by atoms with Crippen LogP contribution < -0.4 is 14.8 Å². The predicted molar refractivity (Wildman–Crippen MR) is 122 cm³/mol. The third-order valence-corrected chi connectivity index (χ3v) is 7.20. The molecular weight excluding hydrogens is 408 g/mol. The molecule has 0 amide bonds. The van der Waals surface area contributed by atoms with Gasteiger partial charge in [0.1, 0.15) is 6.04 Å². The summed E-state index contributed by atoms with van der Waals surface area (Å²) in [4.78, 5) is 15.2. The number of morpholine rings is 1. The van der Waals surface area contributed by atoms with Crippen molar-refractivity contribution in [1.29, 1.82) is 0 Å². The normalized spacial score (nSPS) is 28.0. The molecule has 0 bridgehead atoms. The molecule has 0 aliphatic carbocycles. The summed E-state index contributed by atoms with van der Waals surface area (Å²) in [7, 11) is 3.38. The van der Waals surface area contributed by atoms with Gasteiger partial charge in [-0.2, -0.15) is 0 Å². The number of nitrogens with zero attached hydrogens (tertiary/aromatic N) is 1. The minimum Gasteiger partial charge on any atom is -0.493 e. The second-order valence-electron chi connectivity index (χ2n) is 9.76. The maximum atomic E-state index is 12.6. The fourth-order valence-electron chi connectivity index (χ4n) is 5.59. The molecule has 3 heterocycles. The van der Waals surface area contributed by atoms with E-state index >= 15 is 0 Å². The van der Waals surface area contributed by atoms with Gasteiger partial charge in [0.2, 0.25) is 0 Å². The minimum absolute atomic E-state index is 0.189. The number of ether oxygens (including phenoxy) is 4. The van der Waals surface area contributed by atoms with E-state index in [2.05, 4.69) is 36.2 Å². The highest BCUT2D eigenvalue weighted by atomic mass is 16.5. The van der Waals surface area contributed by atoms with Gasteiger partial charge in [-0.05, 0) is 60.3 Å². The standard InChI is InChI=1S/C25H38N2O5/c1-16(2)9-18-13-27-7-5-17-11-23(29-3)24(30-4)12-20(17)22(27)10-19(18)14-32-25(28)21-15-31-8-6-26-21/h11-12,16,18-19,21-22,26H,5-10,13-15H2,1-4H3/t18?,19?,21-,22?/m0/s1. The molecule has 3 unspecified atom stereocenters.